The van der Waals surface area contributed by atoms with E-state index in [2.05, 4.69) is 0 Å². The first-order valence-corrected chi connectivity index (χ1v) is 8.19. The lowest BCUT2D eigenvalue weighted by molar-refractivity contribution is -0.134. The highest BCUT2D eigenvalue weighted by atomic mass is 35.5. The van der Waals surface area contributed by atoms with Crippen molar-refractivity contribution in [2.24, 2.45) is 11.8 Å². The molecular weight excluding hydrogens is 309 g/mol. The van der Waals surface area contributed by atoms with Gasteiger partial charge in [0.2, 0.25) is 5.91 Å². The summed E-state index contributed by atoms with van der Waals surface area (Å²) in [6, 6.07) is 5.53. The van der Waals surface area contributed by atoms with Crippen molar-refractivity contribution in [2.75, 3.05) is 19.7 Å². The predicted molar refractivity (Wildman–Crippen MR) is 83.7 cm³/mol. The Kier molecular flexibility index (Phi) is 4.43. The topological polar surface area (TPSA) is 40.5 Å². The summed E-state index contributed by atoms with van der Waals surface area (Å²) in [6.07, 6.45) is 2.70. The number of nitrogens with zero attached hydrogens (tertiary/aromatic N) is 1. The molecule has 2 unspecified atom stereocenters. The molecular formula is C16H19Cl2NO2. The van der Waals surface area contributed by atoms with E-state index in [-0.39, 0.29) is 24.3 Å². The predicted octanol–water partition coefficient (Wildman–Crippen LogP) is 3.33. The van der Waals surface area contributed by atoms with Gasteiger partial charge in [0.15, 0.2) is 0 Å². The number of hydrogen-bond acceptors (Lipinski definition) is 2. The third-order valence-corrected chi connectivity index (χ3v) is 5.04. The van der Waals surface area contributed by atoms with E-state index in [1.54, 1.807) is 6.07 Å². The molecule has 1 saturated heterocycles. The van der Waals surface area contributed by atoms with Crippen LogP contribution in [0.3, 0.4) is 0 Å². The molecule has 1 saturated carbocycles. The maximum atomic E-state index is 12.5. The monoisotopic (exact) mass is 327 g/mol. The van der Waals surface area contributed by atoms with Crippen LogP contribution >= 0.6 is 23.2 Å². The van der Waals surface area contributed by atoms with Crippen LogP contribution in [0.2, 0.25) is 10.0 Å². The molecule has 114 valence electrons. The molecule has 2 fully saturated rings. The van der Waals surface area contributed by atoms with Crippen LogP contribution in [-0.4, -0.2) is 35.6 Å². The van der Waals surface area contributed by atoms with Crippen molar-refractivity contribution in [1.82, 2.24) is 4.90 Å². The first kappa shape index (κ1) is 15.1. The number of halogens is 2. The molecule has 0 aromatic heterocycles. The molecule has 1 heterocycles. The zero-order valence-electron chi connectivity index (χ0n) is 11.8. The molecule has 3 rings (SSSR count). The fourth-order valence-corrected chi connectivity index (χ4v) is 3.74. The fraction of sp³-hybridized carbons (Fsp3) is 0.562. The van der Waals surface area contributed by atoms with Crippen molar-refractivity contribution >= 4 is 29.1 Å². The number of piperidine rings is 1. The maximum Gasteiger partial charge on any atom is 0.226 e. The van der Waals surface area contributed by atoms with E-state index in [9.17, 15) is 4.79 Å². The molecule has 0 radical (unpaired) electrons. The van der Waals surface area contributed by atoms with E-state index in [1.807, 2.05) is 17.0 Å². The van der Waals surface area contributed by atoms with Gasteiger partial charge in [-0.1, -0.05) is 23.2 Å². The number of carbonyl (C=O) groups is 1. The molecule has 21 heavy (non-hydrogen) atoms. The van der Waals surface area contributed by atoms with Gasteiger partial charge in [0.1, 0.15) is 0 Å². The summed E-state index contributed by atoms with van der Waals surface area (Å²) >= 11 is 12.1. The lowest BCUT2D eigenvalue weighted by atomic mass is 9.97. The number of benzene rings is 1. The number of likely N-dealkylation sites (tertiary alicyclic amines) is 1. The molecule has 1 N–H and O–H groups in total. The smallest absolute Gasteiger partial charge is 0.226 e. The molecule has 2 atom stereocenters. The van der Waals surface area contributed by atoms with E-state index in [1.165, 1.54) is 0 Å². The molecule has 3 nitrogen and oxygen atoms in total. The van der Waals surface area contributed by atoms with Crippen LogP contribution in [0.5, 0.6) is 0 Å². The zero-order valence-corrected chi connectivity index (χ0v) is 13.3. The van der Waals surface area contributed by atoms with Crippen LogP contribution in [0, 0.1) is 11.8 Å². The van der Waals surface area contributed by atoms with Gasteiger partial charge in [-0.15, -0.1) is 0 Å². The molecule has 1 aromatic rings. The average molecular weight is 328 g/mol. The van der Waals surface area contributed by atoms with Crippen LogP contribution in [0.4, 0.5) is 0 Å². The lowest BCUT2D eigenvalue weighted by Gasteiger charge is -2.31. The summed E-state index contributed by atoms with van der Waals surface area (Å²) < 4.78 is 0. The fourth-order valence-electron chi connectivity index (χ4n) is 3.20. The second-order valence-electron chi connectivity index (χ2n) is 6.10. The molecule has 1 aliphatic heterocycles. The Morgan fingerprint density at radius 3 is 2.38 bits per heavy atom. The Morgan fingerprint density at radius 2 is 1.81 bits per heavy atom. The van der Waals surface area contributed by atoms with Gasteiger partial charge >= 0.3 is 0 Å². The van der Waals surface area contributed by atoms with Gasteiger partial charge in [0, 0.05) is 35.7 Å². The third kappa shape index (κ3) is 3.36. The molecule has 0 spiro atoms. The summed E-state index contributed by atoms with van der Waals surface area (Å²) in [7, 11) is 0. The normalized spacial score (nSPS) is 26.0. The van der Waals surface area contributed by atoms with Crippen LogP contribution < -0.4 is 0 Å². The minimum atomic E-state index is 0.0743. The van der Waals surface area contributed by atoms with E-state index >= 15 is 0 Å². The highest BCUT2D eigenvalue weighted by Gasteiger charge is 2.46. The number of amides is 1. The summed E-state index contributed by atoms with van der Waals surface area (Å²) in [6.45, 7) is 1.77. The summed E-state index contributed by atoms with van der Waals surface area (Å²) in [5.74, 6) is 0.928. The quantitative estimate of drug-likeness (QED) is 0.925. The Morgan fingerprint density at radius 1 is 1.19 bits per heavy atom. The Hall–Kier alpha value is -0.770. The molecule has 1 aromatic carbocycles. The van der Waals surface area contributed by atoms with Crippen molar-refractivity contribution in [3.63, 3.8) is 0 Å². The number of hydrogen-bond donors (Lipinski definition) is 1. The minimum absolute atomic E-state index is 0.0743. The standard InChI is InChI=1S/C16H19Cl2NO2/c17-12-5-11(6-13(18)7-12)14-8-15(14)16(21)19-3-1-10(9-20)2-4-19/h5-7,10,14-15,20H,1-4,8-9H2. The first-order chi connectivity index (χ1) is 10.1. The second kappa shape index (κ2) is 6.15. The minimum Gasteiger partial charge on any atom is -0.396 e. The zero-order chi connectivity index (χ0) is 15.0. The second-order valence-corrected chi connectivity index (χ2v) is 6.98. The van der Waals surface area contributed by atoms with Crippen LogP contribution in [0.15, 0.2) is 18.2 Å². The van der Waals surface area contributed by atoms with Gasteiger partial charge in [0.25, 0.3) is 0 Å². The van der Waals surface area contributed by atoms with Gasteiger partial charge in [-0.25, -0.2) is 0 Å². The molecule has 0 bridgehead atoms. The van der Waals surface area contributed by atoms with Crippen LogP contribution in [0.25, 0.3) is 0 Å². The Bertz CT molecular complexity index is 521. The summed E-state index contributed by atoms with van der Waals surface area (Å²) in [5.41, 5.74) is 1.07. The highest BCUT2D eigenvalue weighted by molar-refractivity contribution is 6.34. The third-order valence-electron chi connectivity index (χ3n) is 4.61. The summed E-state index contributed by atoms with van der Waals surface area (Å²) in [4.78, 5) is 14.5. The van der Waals surface area contributed by atoms with Crippen molar-refractivity contribution in [1.29, 1.82) is 0 Å². The lowest BCUT2D eigenvalue weighted by Crippen LogP contribution is -2.40. The SMILES string of the molecule is O=C(C1CC1c1cc(Cl)cc(Cl)c1)N1CCC(CO)CC1. The summed E-state index contributed by atoms with van der Waals surface area (Å²) in [5, 5.41) is 10.4. The van der Waals surface area contributed by atoms with Gasteiger partial charge in [0.05, 0.1) is 0 Å². The van der Waals surface area contributed by atoms with Crippen molar-refractivity contribution in [3.8, 4) is 0 Å². The Labute approximate surface area is 134 Å². The first-order valence-electron chi connectivity index (χ1n) is 7.44. The van der Waals surface area contributed by atoms with Crippen molar-refractivity contribution < 1.29 is 9.90 Å². The molecule has 5 heteroatoms. The number of carbonyl (C=O) groups excluding carboxylic acids is 1. The van der Waals surface area contributed by atoms with Gasteiger partial charge in [-0.2, -0.15) is 0 Å². The molecule has 2 aliphatic rings. The van der Waals surface area contributed by atoms with Gasteiger partial charge in [-0.3, -0.25) is 4.79 Å². The number of rotatable bonds is 3. The van der Waals surface area contributed by atoms with Crippen LogP contribution in [-0.2, 0) is 4.79 Å². The molecule has 1 aliphatic carbocycles. The van der Waals surface area contributed by atoms with Gasteiger partial charge < -0.3 is 10.0 Å². The number of aliphatic hydroxyl groups is 1. The highest BCUT2D eigenvalue weighted by Crippen LogP contribution is 2.49. The molecule has 1 amide bonds. The maximum absolute atomic E-state index is 12.5. The average Bonchev–Trinajstić information content (AvgIpc) is 3.26. The Balaban J connectivity index is 1.61. The van der Waals surface area contributed by atoms with E-state index in [4.69, 9.17) is 28.3 Å². The van der Waals surface area contributed by atoms with Crippen LogP contribution in [0.1, 0.15) is 30.7 Å². The van der Waals surface area contributed by atoms with E-state index < -0.39 is 0 Å². The van der Waals surface area contributed by atoms with Crippen molar-refractivity contribution in [3.05, 3.63) is 33.8 Å². The van der Waals surface area contributed by atoms with Gasteiger partial charge in [-0.05, 0) is 54.9 Å². The van der Waals surface area contributed by atoms with E-state index in [0.29, 0.717) is 16.0 Å². The van der Waals surface area contributed by atoms with E-state index in [0.717, 1.165) is 37.9 Å². The largest absolute Gasteiger partial charge is 0.396 e. The number of aliphatic hydroxyl groups excluding tert-OH is 1. The van der Waals surface area contributed by atoms with Crippen molar-refractivity contribution in [2.45, 2.75) is 25.2 Å².